The van der Waals surface area contributed by atoms with Crippen LogP contribution in [0.25, 0.3) is 0 Å². The fourth-order valence-corrected chi connectivity index (χ4v) is 3.03. The average Bonchev–Trinajstić information content (AvgIpc) is 2.36. The first-order valence-corrected chi connectivity index (χ1v) is 9.46. The molecule has 0 saturated carbocycles. The highest BCUT2D eigenvalue weighted by Crippen LogP contribution is 2.43. The maximum absolute atomic E-state index is 12.1. The average molecular weight is 336 g/mol. The Morgan fingerprint density at radius 1 is 1.36 bits per heavy atom. The summed E-state index contributed by atoms with van der Waals surface area (Å²) in [5, 5.41) is 0. The second-order valence-electron chi connectivity index (χ2n) is 6.43. The molecular formula is C15H31NO5P+. The molecule has 0 aliphatic carbocycles. The fourth-order valence-electron chi connectivity index (χ4n) is 1.79. The quantitative estimate of drug-likeness (QED) is 0.195. The molecule has 0 fully saturated rings. The molecule has 0 aromatic rings. The molecular weight excluding hydrogens is 305 g/mol. The number of unbranched alkanes of at least 4 members (excludes halogenated alkanes) is 2. The zero-order valence-corrected chi connectivity index (χ0v) is 15.2. The molecule has 2 unspecified atom stereocenters. The van der Waals surface area contributed by atoms with Gasteiger partial charge in [0.1, 0.15) is 19.3 Å². The summed E-state index contributed by atoms with van der Waals surface area (Å²) in [5.74, 6) is -0.576. The smallest absolute Gasteiger partial charge is 0.332 e. The third kappa shape index (κ3) is 11.9. The number of nitrogens with zero attached hydrogens (tertiary/aromatic N) is 1. The van der Waals surface area contributed by atoms with Gasteiger partial charge in [0, 0.05) is 6.08 Å². The number of esters is 1. The molecule has 0 aliphatic rings. The van der Waals surface area contributed by atoms with Crippen LogP contribution in [-0.2, 0) is 18.6 Å². The maximum atomic E-state index is 12.1. The molecule has 0 saturated heterocycles. The molecule has 0 spiro atoms. The van der Waals surface area contributed by atoms with Crippen molar-refractivity contribution in [2.24, 2.45) is 0 Å². The molecule has 2 atom stereocenters. The molecule has 0 heterocycles. The van der Waals surface area contributed by atoms with Crippen molar-refractivity contribution in [1.82, 2.24) is 0 Å². The van der Waals surface area contributed by atoms with Gasteiger partial charge in [0.15, 0.2) is 0 Å². The molecule has 6 nitrogen and oxygen atoms in total. The monoisotopic (exact) mass is 336 g/mol. The van der Waals surface area contributed by atoms with Crippen molar-refractivity contribution in [3.63, 3.8) is 0 Å². The van der Waals surface area contributed by atoms with Gasteiger partial charge in [-0.2, -0.15) is 0 Å². The van der Waals surface area contributed by atoms with Crippen LogP contribution in [0.3, 0.4) is 0 Å². The van der Waals surface area contributed by atoms with Gasteiger partial charge >= 0.3 is 13.6 Å². The third-order valence-corrected chi connectivity index (χ3v) is 4.52. The highest BCUT2D eigenvalue weighted by molar-refractivity contribution is 7.52. The number of likely N-dealkylation sites (N-methyl/N-ethyl adjacent to an activating group) is 1. The van der Waals surface area contributed by atoms with Crippen LogP contribution in [0, 0.1) is 0 Å². The van der Waals surface area contributed by atoms with Crippen molar-refractivity contribution in [3.8, 4) is 0 Å². The standard InChI is InChI=1S/C15H30NO5P/c1-6-8-9-10-14(21-15(17)7-2)13-22(18,19)20-12-11-16(3,4)5/h7,14H,2,6,8-13H2,1,3-5H3/p+1. The van der Waals surface area contributed by atoms with Crippen LogP contribution in [0.5, 0.6) is 0 Å². The number of ether oxygens (including phenoxy) is 1. The van der Waals surface area contributed by atoms with Gasteiger partial charge in [0.25, 0.3) is 0 Å². The topological polar surface area (TPSA) is 72.8 Å². The summed E-state index contributed by atoms with van der Waals surface area (Å²) >= 11 is 0. The molecule has 0 rings (SSSR count). The summed E-state index contributed by atoms with van der Waals surface area (Å²) in [6, 6.07) is 0. The lowest BCUT2D eigenvalue weighted by Gasteiger charge is -2.25. The maximum Gasteiger partial charge on any atom is 0.332 e. The molecule has 0 aromatic heterocycles. The van der Waals surface area contributed by atoms with Gasteiger partial charge in [-0.15, -0.1) is 0 Å². The van der Waals surface area contributed by atoms with E-state index in [1.807, 2.05) is 21.1 Å². The molecule has 0 amide bonds. The zero-order valence-electron chi connectivity index (χ0n) is 14.3. The van der Waals surface area contributed by atoms with Crippen molar-refractivity contribution in [3.05, 3.63) is 12.7 Å². The van der Waals surface area contributed by atoms with Crippen LogP contribution >= 0.6 is 7.60 Å². The summed E-state index contributed by atoms with van der Waals surface area (Å²) in [7, 11) is 2.16. The van der Waals surface area contributed by atoms with Crippen LogP contribution in [0.15, 0.2) is 12.7 Å². The summed E-state index contributed by atoms with van der Waals surface area (Å²) in [6.45, 7) is 6.22. The van der Waals surface area contributed by atoms with Gasteiger partial charge in [0.2, 0.25) is 0 Å². The highest BCUT2D eigenvalue weighted by atomic mass is 31.2. The summed E-state index contributed by atoms with van der Waals surface area (Å²) in [5.41, 5.74) is 0. The van der Waals surface area contributed by atoms with Gasteiger partial charge in [0.05, 0.1) is 27.3 Å². The molecule has 0 aromatic carbocycles. The largest absolute Gasteiger partial charge is 0.459 e. The predicted molar refractivity (Wildman–Crippen MR) is 87.8 cm³/mol. The first-order chi connectivity index (χ1) is 10.1. The SMILES string of the molecule is C=CC(=O)OC(CCCCC)CP(=O)(O)OCC[N+](C)(C)C. The van der Waals surface area contributed by atoms with E-state index in [4.69, 9.17) is 9.26 Å². The van der Waals surface area contributed by atoms with E-state index in [1.54, 1.807) is 0 Å². The number of quaternary nitrogens is 1. The van der Waals surface area contributed by atoms with Crippen LogP contribution in [0.2, 0.25) is 0 Å². The molecule has 22 heavy (non-hydrogen) atoms. The normalized spacial score (nSPS) is 15.9. The number of rotatable bonds is 12. The van der Waals surface area contributed by atoms with E-state index in [9.17, 15) is 14.3 Å². The Labute approximate surface area is 134 Å². The Hall–Kier alpha value is -0.680. The van der Waals surface area contributed by atoms with Gasteiger partial charge in [-0.05, 0) is 12.8 Å². The van der Waals surface area contributed by atoms with E-state index in [0.717, 1.165) is 25.3 Å². The first-order valence-electron chi connectivity index (χ1n) is 7.69. The van der Waals surface area contributed by atoms with Crippen molar-refractivity contribution in [2.75, 3.05) is 40.5 Å². The van der Waals surface area contributed by atoms with E-state index >= 15 is 0 Å². The minimum absolute atomic E-state index is 0.173. The van der Waals surface area contributed by atoms with Crippen LogP contribution in [-0.4, -0.2) is 61.9 Å². The lowest BCUT2D eigenvalue weighted by atomic mass is 10.1. The second kappa shape index (κ2) is 10.2. The Kier molecular flexibility index (Phi) is 9.85. The second-order valence-corrected chi connectivity index (χ2v) is 8.32. The van der Waals surface area contributed by atoms with E-state index in [0.29, 0.717) is 17.4 Å². The minimum Gasteiger partial charge on any atom is -0.459 e. The van der Waals surface area contributed by atoms with Crippen molar-refractivity contribution >= 4 is 13.6 Å². The minimum atomic E-state index is -3.77. The van der Waals surface area contributed by atoms with Crippen LogP contribution in [0.4, 0.5) is 0 Å². The Morgan fingerprint density at radius 3 is 2.50 bits per heavy atom. The molecule has 1 N–H and O–H groups in total. The number of hydrogen-bond donors (Lipinski definition) is 1. The first kappa shape index (κ1) is 21.3. The van der Waals surface area contributed by atoms with Crippen molar-refractivity contribution in [2.45, 2.75) is 38.7 Å². The summed E-state index contributed by atoms with van der Waals surface area (Å²) in [4.78, 5) is 21.3. The Bertz CT molecular complexity index is 392. The molecule has 130 valence electrons. The number of hydrogen-bond acceptors (Lipinski definition) is 4. The number of carbonyl (C=O) groups excluding carboxylic acids is 1. The summed E-state index contributed by atoms with van der Waals surface area (Å²) in [6.07, 6.45) is 3.68. The van der Waals surface area contributed by atoms with Gasteiger partial charge in [-0.1, -0.05) is 26.3 Å². The van der Waals surface area contributed by atoms with Crippen LogP contribution in [0.1, 0.15) is 32.6 Å². The van der Waals surface area contributed by atoms with E-state index in [-0.39, 0.29) is 12.8 Å². The zero-order chi connectivity index (χ0) is 17.2. The lowest BCUT2D eigenvalue weighted by molar-refractivity contribution is -0.870. The highest BCUT2D eigenvalue weighted by Gasteiger charge is 2.28. The third-order valence-electron chi connectivity index (χ3n) is 3.07. The molecule has 7 heteroatoms. The number of carbonyl (C=O) groups is 1. The van der Waals surface area contributed by atoms with Crippen LogP contribution < -0.4 is 0 Å². The predicted octanol–water partition coefficient (Wildman–Crippen LogP) is 2.57. The van der Waals surface area contributed by atoms with E-state index in [1.165, 1.54) is 0 Å². The molecule has 0 bridgehead atoms. The van der Waals surface area contributed by atoms with Gasteiger partial charge in [-0.25, -0.2) is 4.79 Å². The van der Waals surface area contributed by atoms with E-state index in [2.05, 4.69) is 13.5 Å². The van der Waals surface area contributed by atoms with Crippen molar-refractivity contribution in [1.29, 1.82) is 0 Å². The Morgan fingerprint density at radius 2 is 2.00 bits per heavy atom. The lowest BCUT2D eigenvalue weighted by Crippen LogP contribution is -2.37. The Balaban J connectivity index is 4.48. The van der Waals surface area contributed by atoms with Gasteiger partial charge < -0.3 is 18.6 Å². The summed E-state index contributed by atoms with van der Waals surface area (Å²) < 4.78 is 23.1. The van der Waals surface area contributed by atoms with Crippen molar-refractivity contribution < 1.29 is 28.0 Å². The van der Waals surface area contributed by atoms with E-state index < -0.39 is 19.7 Å². The molecule has 0 radical (unpaired) electrons. The van der Waals surface area contributed by atoms with Gasteiger partial charge in [-0.3, -0.25) is 4.57 Å². The fraction of sp³-hybridized carbons (Fsp3) is 0.800. The molecule has 0 aliphatic heterocycles.